The minimum atomic E-state index is -4.56. The number of carbonyl (C=O) groups is 1. The fraction of sp³-hybridized carbons (Fsp3) is 0.125. The molecule has 3 aromatic carbocycles. The first-order valence-corrected chi connectivity index (χ1v) is 10.1. The number of amides is 1. The topological polar surface area (TPSA) is 83.7 Å². The van der Waals surface area contributed by atoms with Crippen LogP contribution in [0.3, 0.4) is 0 Å². The molecule has 0 atom stereocenters. The Morgan fingerprint density at radius 1 is 1.18 bits per heavy atom. The molecule has 0 aromatic heterocycles. The fourth-order valence-corrected chi connectivity index (χ4v) is 3.20. The molecule has 0 aliphatic carbocycles. The van der Waals surface area contributed by atoms with Gasteiger partial charge in [0.1, 0.15) is 6.61 Å². The van der Waals surface area contributed by atoms with E-state index in [4.69, 9.17) is 21.1 Å². The number of hydrogen-bond acceptors (Lipinski definition) is 5. The summed E-state index contributed by atoms with van der Waals surface area (Å²) in [6, 6.07) is 16.1. The van der Waals surface area contributed by atoms with Gasteiger partial charge in [-0.15, -0.1) is 0 Å². The third-order valence-electron chi connectivity index (χ3n) is 4.59. The summed E-state index contributed by atoms with van der Waals surface area (Å²) < 4.78 is 49.6. The highest BCUT2D eigenvalue weighted by molar-refractivity contribution is 6.32. The van der Waals surface area contributed by atoms with Crippen LogP contribution < -0.4 is 14.9 Å². The van der Waals surface area contributed by atoms with Crippen LogP contribution in [0.25, 0.3) is 0 Å². The van der Waals surface area contributed by atoms with Gasteiger partial charge >= 0.3 is 6.18 Å². The molecule has 3 rings (SSSR count). The molecule has 3 aromatic rings. The molecule has 6 nitrogen and oxygen atoms in total. The Balaban J connectivity index is 1.72. The second kappa shape index (κ2) is 10.7. The molecule has 0 heterocycles. The predicted molar refractivity (Wildman–Crippen MR) is 120 cm³/mol. The first kappa shape index (κ1) is 24.6. The third kappa shape index (κ3) is 6.05. The number of nitriles is 1. The van der Waals surface area contributed by atoms with E-state index in [0.717, 1.165) is 18.2 Å². The number of ether oxygens (including phenoxy) is 2. The lowest BCUT2D eigenvalue weighted by atomic mass is 10.1. The number of hydrazone groups is 1. The summed E-state index contributed by atoms with van der Waals surface area (Å²) in [5, 5.41) is 13.2. The highest BCUT2D eigenvalue weighted by Crippen LogP contribution is 2.36. The molecule has 0 unspecified atom stereocenters. The van der Waals surface area contributed by atoms with Gasteiger partial charge in [0.2, 0.25) is 0 Å². The van der Waals surface area contributed by atoms with E-state index >= 15 is 0 Å². The van der Waals surface area contributed by atoms with E-state index in [0.29, 0.717) is 16.7 Å². The number of nitrogens with zero attached hydrogens (tertiary/aromatic N) is 2. The van der Waals surface area contributed by atoms with Gasteiger partial charge in [0, 0.05) is 11.1 Å². The van der Waals surface area contributed by atoms with E-state index in [9.17, 15) is 23.2 Å². The molecule has 0 saturated carbocycles. The highest BCUT2D eigenvalue weighted by atomic mass is 35.5. The van der Waals surface area contributed by atoms with Crippen LogP contribution in [0.1, 0.15) is 32.6 Å². The van der Waals surface area contributed by atoms with Crippen LogP contribution in [0.4, 0.5) is 13.2 Å². The lowest BCUT2D eigenvalue weighted by Crippen LogP contribution is -2.18. The van der Waals surface area contributed by atoms with Crippen LogP contribution in [0, 0.1) is 11.3 Å². The minimum absolute atomic E-state index is 0.0836. The molecule has 1 N–H and O–H groups in total. The Morgan fingerprint density at radius 2 is 1.94 bits per heavy atom. The van der Waals surface area contributed by atoms with Gasteiger partial charge in [0.05, 0.1) is 35.5 Å². The van der Waals surface area contributed by atoms with Gasteiger partial charge in [-0.1, -0.05) is 35.9 Å². The largest absolute Gasteiger partial charge is 0.493 e. The summed E-state index contributed by atoms with van der Waals surface area (Å²) in [5.74, 6) is -0.272. The van der Waals surface area contributed by atoms with Gasteiger partial charge in [-0.2, -0.15) is 23.5 Å². The zero-order chi connectivity index (χ0) is 24.7. The van der Waals surface area contributed by atoms with Gasteiger partial charge in [-0.05, 0) is 42.0 Å². The Hall–Kier alpha value is -4.03. The molecular weight excluding hydrogens is 471 g/mol. The standard InChI is InChI=1S/C24H17ClF3N3O3/c1-33-21-10-15(9-20(25)22(21)34-14-18-6-3-2-5-17(18)12-29)13-30-31-23(32)16-7-4-8-19(11-16)24(26,27)28/h2-11,13H,14H2,1H3,(H,31,32)/b30-13-. The number of halogens is 4. The van der Waals surface area contributed by atoms with Crippen molar-refractivity contribution in [1.29, 1.82) is 5.26 Å². The second-order valence-corrected chi connectivity index (χ2v) is 7.28. The van der Waals surface area contributed by atoms with Gasteiger partial charge in [0.15, 0.2) is 11.5 Å². The number of rotatable bonds is 7. The van der Waals surface area contributed by atoms with Crippen molar-refractivity contribution in [1.82, 2.24) is 5.43 Å². The molecule has 0 bridgehead atoms. The third-order valence-corrected chi connectivity index (χ3v) is 4.87. The summed E-state index contributed by atoms with van der Waals surface area (Å²) >= 11 is 6.33. The van der Waals surface area contributed by atoms with E-state index < -0.39 is 17.6 Å². The maximum absolute atomic E-state index is 12.8. The van der Waals surface area contributed by atoms with Crippen molar-refractivity contribution in [2.24, 2.45) is 5.10 Å². The Morgan fingerprint density at radius 3 is 2.65 bits per heavy atom. The summed E-state index contributed by atoms with van der Waals surface area (Å²) in [6.07, 6.45) is -3.30. The Bertz CT molecular complexity index is 1270. The first-order valence-electron chi connectivity index (χ1n) is 9.72. The molecule has 0 aliphatic heterocycles. The van der Waals surface area contributed by atoms with Crippen LogP contribution in [0.2, 0.25) is 5.02 Å². The van der Waals surface area contributed by atoms with E-state index in [1.165, 1.54) is 25.5 Å². The number of benzene rings is 3. The molecule has 1 amide bonds. The van der Waals surface area contributed by atoms with E-state index in [2.05, 4.69) is 16.6 Å². The monoisotopic (exact) mass is 487 g/mol. The Kier molecular flexibility index (Phi) is 7.76. The van der Waals surface area contributed by atoms with Crippen LogP contribution >= 0.6 is 11.6 Å². The van der Waals surface area contributed by atoms with Crippen LogP contribution in [-0.4, -0.2) is 19.2 Å². The van der Waals surface area contributed by atoms with E-state index in [-0.39, 0.29) is 28.7 Å². The average Bonchev–Trinajstić information content (AvgIpc) is 2.82. The van der Waals surface area contributed by atoms with E-state index in [1.54, 1.807) is 30.3 Å². The average molecular weight is 488 g/mol. The normalized spacial score (nSPS) is 11.2. The van der Waals surface area contributed by atoms with Gasteiger partial charge in [-0.25, -0.2) is 5.43 Å². The predicted octanol–water partition coefficient (Wildman–Crippen LogP) is 5.58. The minimum Gasteiger partial charge on any atom is -0.493 e. The highest BCUT2D eigenvalue weighted by Gasteiger charge is 2.30. The summed E-state index contributed by atoms with van der Waals surface area (Å²) in [4.78, 5) is 12.1. The summed E-state index contributed by atoms with van der Waals surface area (Å²) in [5.41, 5.74) is 2.63. The molecular formula is C24H17ClF3N3O3. The summed E-state index contributed by atoms with van der Waals surface area (Å²) in [7, 11) is 1.41. The molecule has 0 spiro atoms. The number of hydrogen-bond donors (Lipinski definition) is 1. The van der Waals surface area contributed by atoms with Gasteiger partial charge < -0.3 is 9.47 Å². The fourth-order valence-electron chi connectivity index (χ4n) is 2.93. The first-order chi connectivity index (χ1) is 16.2. The molecule has 0 radical (unpaired) electrons. The van der Waals surface area contributed by atoms with Crippen LogP contribution in [-0.2, 0) is 12.8 Å². The maximum atomic E-state index is 12.8. The quantitative estimate of drug-likeness (QED) is 0.348. The smallest absolute Gasteiger partial charge is 0.416 e. The van der Waals surface area contributed by atoms with Crippen molar-refractivity contribution in [3.05, 3.63) is 93.5 Å². The van der Waals surface area contributed by atoms with Crippen molar-refractivity contribution >= 4 is 23.7 Å². The van der Waals surface area contributed by atoms with Crippen molar-refractivity contribution < 1.29 is 27.4 Å². The van der Waals surface area contributed by atoms with Crippen molar-refractivity contribution in [3.8, 4) is 17.6 Å². The molecule has 0 fully saturated rings. The number of carbonyl (C=O) groups excluding carboxylic acids is 1. The van der Waals surface area contributed by atoms with Gasteiger partial charge in [0.25, 0.3) is 5.91 Å². The zero-order valence-electron chi connectivity index (χ0n) is 17.7. The van der Waals surface area contributed by atoms with Gasteiger partial charge in [-0.3, -0.25) is 4.79 Å². The lowest BCUT2D eigenvalue weighted by Gasteiger charge is -2.14. The molecule has 0 aliphatic rings. The van der Waals surface area contributed by atoms with E-state index in [1.807, 2.05) is 0 Å². The number of methoxy groups -OCH3 is 1. The zero-order valence-corrected chi connectivity index (χ0v) is 18.4. The van der Waals surface area contributed by atoms with Crippen molar-refractivity contribution in [2.45, 2.75) is 12.8 Å². The number of nitrogens with one attached hydrogen (secondary N) is 1. The lowest BCUT2D eigenvalue weighted by molar-refractivity contribution is -0.137. The molecule has 174 valence electrons. The molecule has 0 saturated heterocycles. The number of alkyl halides is 3. The molecule has 34 heavy (non-hydrogen) atoms. The SMILES string of the molecule is COc1cc(/C=N\NC(=O)c2cccc(C(F)(F)F)c2)cc(Cl)c1OCc1ccccc1C#N. The van der Waals surface area contributed by atoms with Crippen LogP contribution in [0.15, 0.2) is 65.8 Å². The van der Waals surface area contributed by atoms with Crippen molar-refractivity contribution in [2.75, 3.05) is 7.11 Å². The molecule has 10 heteroatoms. The van der Waals surface area contributed by atoms with Crippen LogP contribution in [0.5, 0.6) is 11.5 Å². The van der Waals surface area contributed by atoms with Crippen molar-refractivity contribution in [3.63, 3.8) is 0 Å². The Labute approximate surface area is 198 Å². The second-order valence-electron chi connectivity index (χ2n) is 6.87. The maximum Gasteiger partial charge on any atom is 0.416 e. The summed E-state index contributed by atoms with van der Waals surface area (Å²) in [6.45, 7) is 0.0836.